The molecule has 3 nitrogen and oxygen atoms in total. The van der Waals surface area contributed by atoms with Crippen LogP contribution in [-0.4, -0.2) is 9.36 Å². The summed E-state index contributed by atoms with van der Waals surface area (Å²) in [6, 6.07) is 1.77. The minimum atomic E-state index is 0.749. The van der Waals surface area contributed by atoms with Crippen LogP contribution in [0, 0.1) is 0 Å². The van der Waals surface area contributed by atoms with Crippen molar-refractivity contribution < 1.29 is 0 Å². The zero-order valence-corrected chi connectivity index (χ0v) is 5.93. The van der Waals surface area contributed by atoms with Crippen LogP contribution >= 0.6 is 11.5 Å². The van der Waals surface area contributed by atoms with Gasteiger partial charge in [0.15, 0.2) is 0 Å². The van der Waals surface area contributed by atoms with Gasteiger partial charge in [-0.2, -0.15) is 4.37 Å². The minimum Gasteiger partial charge on any atom is -0.398 e. The second kappa shape index (κ2) is 1.91. The standard InChI is InChI=1S/C6H5N3S/c7-5-1-2-8-6-4(5)3-9-10-6/h1-3H,(H2,7,8). The summed E-state index contributed by atoms with van der Waals surface area (Å²) in [5.74, 6) is 0. The molecule has 2 N–H and O–H groups in total. The van der Waals surface area contributed by atoms with Crippen molar-refractivity contribution in [2.45, 2.75) is 0 Å². The number of hydrogen-bond donors (Lipinski definition) is 1. The van der Waals surface area contributed by atoms with Crippen LogP contribution in [0.5, 0.6) is 0 Å². The minimum absolute atomic E-state index is 0.749. The molecular weight excluding hydrogens is 146 g/mol. The van der Waals surface area contributed by atoms with Gasteiger partial charge in [0.25, 0.3) is 0 Å². The molecule has 2 rings (SSSR count). The maximum Gasteiger partial charge on any atom is 0.145 e. The number of pyridine rings is 1. The van der Waals surface area contributed by atoms with Crippen molar-refractivity contribution >= 4 is 27.4 Å². The van der Waals surface area contributed by atoms with Crippen molar-refractivity contribution in [1.82, 2.24) is 9.36 Å². The molecular formula is C6H5N3S. The summed E-state index contributed by atoms with van der Waals surface area (Å²) in [7, 11) is 0. The zero-order chi connectivity index (χ0) is 6.97. The van der Waals surface area contributed by atoms with Crippen LogP contribution < -0.4 is 5.73 Å². The van der Waals surface area contributed by atoms with E-state index >= 15 is 0 Å². The molecule has 0 saturated heterocycles. The fraction of sp³-hybridized carbons (Fsp3) is 0. The molecule has 50 valence electrons. The maximum absolute atomic E-state index is 5.63. The molecule has 4 heteroatoms. The van der Waals surface area contributed by atoms with Crippen LogP contribution in [0.2, 0.25) is 0 Å². The molecule has 0 aliphatic rings. The zero-order valence-electron chi connectivity index (χ0n) is 5.11. The average molecular weight is 151 g/mol. The van der Waals surface area contributed by atoms with Crippen LogP contribution in [0.4, 0.5) is 5.69 Å². The highest BCUT2D eigenvalue weighted by molar-refractivity contribution is 7.12. The first-order chi connectivity index (χ1) is 4.88. The predicted molar refractivity (Wildman–Crippen MR) is 41.8 cm³/mol. The Hall–Kier alpha value is -1.16. The first kappa shape index (κ1) is 5.61. The topological polar surface area (TPSA) is 51.8 Å². The SMILES string of the molecule is Nc1ccnc2sncc12. The molecule has 0 amide bonds. The van der Waals surface area contributed by atoms with E-state index in [1.54, 1.807) is 18.5 Å². The quantitative estimate of drug-likeness (QED) is 0.617. The summed E-state index contributed by atoms with van der Waals surface area (Å²) >= 11 is 1.36. The van der Waals surface area contributed by atoms with Crippen LogP contribution in [0.25, 0.3) is 10.2 Å². The van der Waals surface area contributed by atoms with E-state index in [0.29, 0.717) is 0 Å². The Balaban J connectivity index is 2.95. The highest BCUT2D eigenvalue weighted by Gasteiger charge is 1.98. The van der Waals surface area contributed by atoms with E-state index in [1.165, 1.54) is 11.5 Å². The number of rotatable bonds is 0. The Morgan fingerprint density at radius 1 is 1.50 bits per heavy atom. The fourth-order valence-corrected chi connectivity index (χ4v) is 1.43. The van der Waals surface area contributed by atoms with Crippen LogP contribution in [0.1, 0.15) is 0 Å². The van der Waals surface area contributed by atoms with E-state index in [1.807, 2.05) is 0 Å². The molecule has 2 heterocycles. The smallest absolute Gasteiger partial charge is 0.145 e. The number of nitrogens with zero attached hydrogens (tertiary/aromatic N) is 2. The van der Waals surface area contributed by atoms with Gasteiger partial charge in [-0.1, -0.05) is 0 Å². The third kappa shape index (κ3) is 0.657. The molecule has 0 aliphatic heterocycles. The molecule has 0 atom stereocenters. The van der Waals surface area contributed by atoms with Crippen molar-refractivity contribution in [2.75, 3.05) is 5.73 Å². The van der Waals surface area contributed by atoms with Gasteiger partial charge in [-0.15, -0.1) is 0 Å². The molecule has 0 unspecified atom stereocenters. The molecule has 0 radical (unpaired) electrons. The monoisotopic (exact) mass is 151 g/mol. The third-order valence-corrected chi connectivity index (χ3v) is 2.02. The first-order valence-corrected chi connectivity index (χ1v) is 3.60. The Morgan fingerprint density at radius 2 is 2.40 bits per heavy atom. The maximum atomic E-state index is 5.63. The summed E-state index contributed by atoms with van der Waals surface area (Å²) in [5, 5.41) is 0.951. The van der Waals surface area contributed by atoms with Gasteiger partial charge >= 0.3 is 0 Å². The van der Waals surface area contributed by atoms with Crippen molar-refractivity contribution in [3.8, 4) is 0 Å². The van der Waals surface area contributed by atoms with E-state index in [2.05, 4.69) is 9.36 Å². The molecule has 2 aromatic heterocycles. The molecule has 0 bridgehead atoms. The summed E-state index contributed by atoms with van der Waals surface area (Å²) in [6.07, 6.45) is 3.43. The van der Waals surface area contributed by atoms with Gasteiger partial charge in [-0.3, -0.25) is 0 Å². The highest BCUT2D eigenvalue weighted by Crippen LogP contribution is 2.20. The summed E-state index contributed by atoms with van der Waals surface area (Å²) in [4.78, 5) is 4.98. The van der Waals surface area contributed by atoms with Crippen molar-refractivity contribution in [3.05, 3.63) is 18.5 Å². The van der Waals surface area contributed by atoms with Crippen LogP contribution in [0.3, 0.4) is 0 Å². The largest absolute Gasteiger partial charge is 0.398 e. The van der Waals surface area contributed by atoms with E-state index in [9.17, 15) is 0 Å². The molecule has 2 aromatic rings. The number of anilines is 1. The van der Waals surface area contributed by atoms with E-state index in [-0.39, 0.29) is 0 Å². The Kier molecular flexibility index (Phi) is 1.07. The summed E-state index contributed by atoms with van der Waals surface area (Å²) < 4.78 is 3.96. The number of nitrogen functional groups attached to an aromatic ring is 1. The number of hydrogen-bond acceptors (Lipinski definition) is 4. The van der Waals surface area contributed by atoms with Crippen molar-refractivity contribution in [1.29, 1.82) is 0 Å². The molecule has 0 aliphatic carbocycles. The molecule has 0 fully saturated rings. The lowest BCUT2D eigenvalue weighted by Crippen LogP contribution is -1.84. The second-order valence-electron chi connectivity index (χ2n) is 1.94. The average Bonchev–Trinajstić information content (AvgIpc) is 2.36. The van der Waals surface area contributed by atoms with Gasteiger partial charge < -0.3 is 5.73 Å². The van der Waals surface area contributed by atoms with Gasteiger partial charge in [0, 0.05) is 11.9 Å². The Labute approximate surface area is 61.7 Å². The lowest BCUT2D eigenvalue weighted by Gasteiger charge is -1.90. The van der Waals surface area contributed by atoms with Gasteiger partial charge in [0.2, 0.25) is 0 Å². The van der Waals surface area contributed by atoms with Gasteiger partial charge in [0.05, 0.1) is 11.6 Å². The lowest BCUT2D eigenvalue weighted by atomic mass is 10.3. The van der Waals surface area contributed by atoms with E-state index in [4.69, 9.17) is 5.73 Å². The van der Waals surface area contributed by atoms with Crippen LogP contribution in [-0.2, 0) is 0 Å². The second-order valence-corrected chi connectivity index (χ2v) is 2.72. The Bertz CT molecular complexity index is 355. The van der Waals surface area contributed by atoms with Crippen molar-refractivity contribution in [2.24, 2.45) is 0 Å². The van der Waals surface area contributed by atoms with Gasteiger partial charge in [-0.05, 0) is 17.6 Å². The summed E-state index contributed by atoms with van der Waals surface area (Å²) in [6.45, 7) is 0. The van der Waals surface area contributed by atoms with Gasteiger partial charge in [-0.25, -0.2) is 4.98 Å². The first-order valence-electron chi connectivity index (χ1n) is 2.83. The number of aromatic nitrogens is 2. The molecule has 0 saturated carbocycles. The highest BCUT2D eigenvalue weighted by atomic mass is 32.1. The van der Waals surface area contributed by atoms with E-state index in [0.717, 1.165) is 15.9 Å². The normalized spacial score (nSPS) is 10.4. The van der Waals surface area contributed by atoms with E-state index < -0.39 is 0 Å². The number of nitrogens with two attached hydrogens (primary N) is 1. The number of fused-ring (bicyclic) bond motifs is 1. The van der Waals surface area contributed by atoms with Crippen molar-refractivity contribution in [3.63, 3.8) is 0 Å². The fourth-order valence-electron chi connectivity index (χ4n) is 0.800. The lowest BCUT2D eigenvalue weighted by molar-refractivity contribution is 1.45. The Morgan fingerprint density at radius 3 is 3.20 bits per heavy atom. The van der Waals surface area contributed by atoms with Gasteiger partial charge in [0.1, 0.15) is 4.83 Å². The predicted octanol–water partition coefficient (Wildman–Crippen LogP) is 1.27. The molecule has 10 heavy (non-hydrogen) atoms. The van der Waals surface area contributed by atoms with Crippen LogP contribution in [0.15, 0.2) is 18.5 Å². The molecule has 0 spiro atoms. The molecule has 0 aromatic carbocycles. The third-order valence-electron chi connectivity index (χ3n) is 1.31. The summed E-state index contributed by atoms with van der Waals surface area (Å²) in [5.41, 5.74) is 6.38.